The van der Waals surface area contributed by atoms with Crippen LogP contribution in [0.5, 0.6) is 0 Å². The van der Waals surface area contributed by atoms with Crippen molar-refractivity contribution >= 4 is 23.2 Å². The first-order valence-electron chi connectivity index (χ1n) is 4.65. The number of hydrogen-bond donors (Lipinski definition) is 0. The van der Waals surface area contributed by atoms with Crippen molar-refractivity contribution in [3.63, 3.8) is 0 Å². The van der Waals surface area contributed by atoms with Crippen LogP contribution in [0.15, 0.2) is 22.6 Å². The Morgan fingerprint density at radius 3 is 2.44 bits per heavy atom. The summed E-state index contributed by atoms with van der Waals surface area (Å²) in [5.41, 5.74) is 1.07. The lowest BCUT2D eigenvalue weighted by molar-refractivity contribution is -0.602. The Morgan fingerprint density at radius 2 is 1.94 bits per heavy atom. The summed E-state index contributed by atoms with van der Waals surface area (Å²) in [5.74, 6) is 0.771. The van der Waals surface area contributed by atoms with E-state index in [0.29, 0.717) is 27.1 Å². The van der Waals surface area contributed by atoms with E-state index in [9.17, 15) is 5.21 Å². The zero-order valence-corrected chi connectivity index (χ0v) is 10.3. The molecule has 2 aromatic rings. The summed E-state index contributed by atoms with van der Waals surface area (Å²) in [6.45, 7) is 3.43. The molecule has 0 aliphatic heterocycles. The van der Waals surface area contributed by atoms with Crippen LogP contribution in [0.2, 0.25) is 10.0 Å². The van der Waals surface area contributed by atoms with Crippen LogP contribution in [0.25, 0.3) is 11.5 Å². The minimum atomic E-state index is 0.191. The van der Waals surface area contributed by atoms with E-state index in [4.69, 9.17) is 27.6 Å². The van der Waals surface area contributed by atoms with Crippen molar-refractivity contribution in [2.75, 3.05) is 0 Å². The second-order valence-corrected chi connectivity index (χ2v) is 4.31. The summed E-state index contributed by atoms with van der Waals surface area (Å²) >= 11 is 11.8. The minimum absolute atomic E-state index is 0.191. The standard InChI is InChI=1S/C11H9Cl2NO2/c1-6-7(2)16-11(14(6)15)9-4-3-8(12)5-10(9)13/h3-5H,1-2H3. The van der Waals surface area contributed by atoms with E-state index < -0.39 is 0 Å². The molecule has 1 aromatic carbocycles. The average molecular weight is 258 g/mol. The molecule has 0 atom stereocenters. The Morgan fingerprint density at radius 1 is 1.25 bits per heavy atom. The van der Waals surface area contributed by atoms with Gasteiger partial charge in [0.2, 0.25) is 5.69 Å². The quantitative estimate of drug-likeness (QED) is 0.580. The van der Waals surface area contributed by atoms with Crippen molar-refractivity contribution in [2.45, 2.75) is 13.8 Å². The topological polar surface area (TPSA) is 40.1 Å². The predicted molar refractivity (Wildman–Crippen MR) is 62.6 cm³/mol. The fraction of sp³-hybridized carbons (Fsp3) is 0.182. The smallest absolute Gasteiger partial charge is 0.394 e. The Bertz CT molecular complexity index is 549. The zero-order chi connectivity index (χ0) is 11.9. The first-order valence-corrected chi connectivity index (χ1v) is 5.41. The number of rotatable bonds is 1. The average Bonchev–Trinajstić information content (AvgIpc) is 2.46. The van der Waals surface area contributed by atoms with Crippen molar-refractivity contribution in [3.8, 4) is 11.5 Å². The van der Waals surface area contributed by atoms with Crippen LogP contribution >= 0.6 is 23.2 Å². The molecular formula is C11H9Cl2NO2. The molecule has 0 unspecified atom stereocenters. The SMILES string of the molecule is Cc1oc(-c2ccc(Cl)cc2Cl)[n+]([O-])c1C. The largest absolute Gasteiger partial charge is 0.616 e. The third-order valence-electron chi connectivity index (χ3n) is 2.41. The summed E-state index contributed by atoms with van der Waals surface area (Å²) < 4.78 is 6.10. The van der Waals surface area contributed by atoms with E-state index in [1.165, 1.54) is 0 Å². The van der Waals surface area contributed by atoms with E-state index in [2.05, 4.69) is 0 Å². The number of aryl methyl sites for hydroxylation is 1. The van der Waals surface area contributed by atoms with Crippen LogP contribution in [0.4, 0.5) is 0 Å². The summed E-state index contributed by atoms with van der Waals surface area (Å²) in [7, 11) is 0. The number of oxazole rings is 1. The van der Waals surface area contributed by atoms with Gasteiger partial charge in [-0.15, -0.1) is 4.73 Å². The normalized spacial score (nSPS) is 10.8. The van der Waals surface area contributed by atoms with Gasteiger partial charge in [0.25, 0.3) is 0 Å². The maximum absolute atomic E-state index is 11.8. The van der Waals surface area contributed by atoms with Crippen molar-refractivity contribution in [3.05, 3.63) is 44.9 Å². The lowest BCUT2D eigenvalue weighted by Crippen LogP contribution is -2.29. The van der Waals surface area contributed by atoms with E-state index in [-0.39, 0.29) is 5.89 Å². The van der Waals surface area contributed by atoms with Crippen molar-refractivity contribution in [1.29, 1.82) is 0 Å². The highest BCUT2D eigenvalue weighted by molar-refractivity contribution is 6.36. The maximum atomic E-state index is 11.8. The molecule has 0 radical (unpaired) electrons. The van der Waals surface area contributed by atoms with Crippen molar-refractivity contribution in [2.24, 2.45) is 0 Å². The molecule has 3 nitrogen and oxygen atoms in total. The highest BCUT2D eigenvalue weighted by Gasteiger charge is 2.22. The molecule has 5 heteroatoms. The zero-order valence-electron chi connectivity index (χ0n) is 8.75. The molecule has 0 saturated heterocycles. The molecule has 0 N–H and O–H groups in total. The summed E-state index contributed by atoms with van der Waals surface area (Å²) in [6, 6.07) is 4.90. The fourth-order valence-electron chi connectivity index (χ4n) is 1.38. The molecule has 1 heterocycles. The Labute approximate surface area is 103 Å². The monoisotopic (exact) mass is 257 g/mol. The van der Waals surface area contributed by atoms with E-state index in [0.717, 1.165) is 4.73 Å². The lowest BCUT2D eigenvalue weighted by Gasteiger charge is -2.00. The first kappa shape index (κ1) is 11.3. The summed E-state index contributed by atoms with van der Waals surface area (Å²) in [6.07, 6.45) is 0. The van der Waals surface area contributed by atoms with E-state index in [1.54, 1.807) is 32.0 Å². The van der Waals surface area contributed by atoms with Crippen molar-refractivity contribution < 1.29 is 9.15 Å². The van der Waals surface area contributed by atoms with Gasteiger partial charge in [0.05, 0.1) is 5.02 Å². The molecule has 0 amide bonds. The molecule has 0 fully saturated rings. The van der Waals surface area contributed by atoms with E-state index in [1.807, 2.05) is 0 Å². The lowest BCUT2D eigenvalue weighted by atomic mass is 10.2. The molecule has 0 aliphatic carbocycles. The maximum Gasteiger partial charge on any atom is 0.394 e. The van der Waals surface area contributed by atoms with Gasteiger partial charge in [0.15, 0.2) is 5.76 Å². The van der Waals surface area contributed by atoms with Gasteiger partial charge in [-0.2, -0.15) is 0 Å². The van der Waals surface area contributed by atoms with Crippen molar-refractivity contribution in [1.82, 2.24) is 0 Å². The molecule has 0 saturated carbocycles. The van der Waals surface area contributed by atoms with Crippen LogP contribution in [0.1, 0.15) is 11.5 Å². The second kappa shape index (κ2) is 4.00. The highest BCUT2D eigenvalue weighted by Crippen LogP contribution is 2.29. The molecule has 0 aliphatic rings. The van der Waals surface area contributed by atoms with Gasteiger partial charge < -0.3 is 9.62 Å². The van der Waals surface area contributed by atoms with Crippen LogP contribution < -0.4 is 4.73 Å². The van der Waals surface area contributed by atoms with Gasteiger partial charge in [0, 0.05) is 18.9 Å². The minimum Gasteiger partial charge on any atom is -0.616 e. The van der Waals surface area contributed by atoms with Gasteiger partial charge in [-0.05, 0) is 18.2 Å². The number of hydrogen-bond acceptors (Lipinski definition) is 2. The third-order valence-corrected chi connectivity index (χ3v) is 2.96. The Hall–Kier alpha value is -1.19. The molecule has 84 valence electrons. The molecule has 0 spiro atoms. The highest BCUT2D eigenvalue weighted by atomic mass is 35.5. The Kier molecular flexibility index (Phi) is 2.82. The molecule has 16 heavy (non-hydrogen) atoms. The third kappa shape index (κ3) is 1.77. The fourth-order valence-corrected chi connectivity index (χ4v) is 1.87. The van der Waals surface area contributed by atoms with E-state index >= 15 is 0 Å². The van der Waals surface area contributed by atoms with Gasteiger partial charge in [-0.25, -0.2) is 0 Å². The number of halogens is 2. The summed E-state index contributed by atoms with van der Waals surface area (Å²) in [5, 5.41) is 12.7. The van der Waals surface area contributed by atoms with Crippen LogP contribution in [0, 0.1) is 19.1 Å². The van der Waals surface area contributed by atoms with Gasteiger partial charge in [-0.1, -0.05) is 23.2 Å². The van der Waals surface area contributed by atoms with Crippen LogP contribution in [-0.2, 0) is 0 Å². The van der Waals surface area contributed by atoms with Crippen LogP contribution in [-0.4, -0.2) is 0 Å². The number of benzene rings is 1. The predicted octanol–water partition coefficient (Wildman–Crippen LogP) is 3.50. The number of nitrogens with zero attached hydrogens (tertiary/aromatic N) is 1. The summed E-state index contributed by atoms with van der Waals surface area (Å²) in [4.78, 5) is 0. The molecule has 2 rings (SSSR count). The van der Waals surface area contributed by atoms with Crippen LogP contribution in [0.3, 0.4) is 0 Å². The first-order chi connectivity index (χ1) is 7.50. The Balaban J connectivity index is 2.63. The molecule has 0 bridgehead atoms. The van der Waals surface area contributed by atoms with Gasteiger partial charge in [0.1, 0.15) is 5.56 Å². The van der Waals surface area contributed by atoms with Gasteiger partial charge >= 0.3 is 5.89 Å². The van der Waals surface area contributed by atoms with Gasteiger partial charge in [-0.3, -0.25) is 0 Å². The second-order valence-electron chi connectivity index (χ2n) is 3.47. The molecule has 1 aromatic heterocycles. The molecular weight excluding hydrogens is 249 g/mol. The number of aromatic nitrogens is 1.